The summed E-state index contributed by atoms with van der Waals surface area (Å²) in [6.07, 6.45) is 2.46. The van der Waals surface area contributed by atoms with Crippen molar-refractivity contribution in [2.24, 2.45) is 11.8 Å². The summed E-state index contributed by atoms with van der Waals surface area (Å²) in [4.78, 5) is 2.42. The van der Waals surface area contributed by atoms with Crippen LogP contribution in [0, 0.1) is 11.8 Å². The van der Waals surface area contributed by atoms with E-state index in [9.17, 15) is 5.11 Å². The molecule has 1 aliphatic rings. The molecule has 2 atom stereocenters. The minimum atomic E-state index is 0.332. The molecule has 78 valence electrons. The zero-order valence-electron chi connectivity index (χ0n) is 9.16. The van der Waals surface area contributed by atoms with Crippen LogP contribution in [0.2, 0.25) is 0 Å². The number of nitrogens with zero attached hydrogens (tertiary/aromatic N) is 1. The van der Waals surface area contributed by atoms with Crippen LogP contribution in [0.3, 0.4) is 0 Å². The Bertz CT molecular complexity index is 147. The maximum absolute atomic E-state index is 9.18. The SMILES string of the molecule is CCN1CC(C(C)C)CC[C@H]1CO. The van der Waals surface area contributed by atoms with Crippen LogP contribution in [0.1, 0.15) is 33.6 Å². The molecule has 2 heteroatoms. The average Bonchev–Trinajstić information content (AvgIpc) is 2.16. The molecule has 2 nitrogen and oxygen atoms in total. The first-order valence-corrected chi connectivity index (χ1v) is 5.54. The molecule has 0 saturated carbocycles. The van der Waals surface area contributed by atoms with Crippen LogP contribution in [-0.2, 0) is 0 Å². The summed E-state index contributed by atoms with van der Waals surface area (Å²) in [6, 6.07) is 0.431. The minimum Gasteiger partial charge on any atom is -0.395 e. The van der Waals surface area contributed by atoms with E-state index in [1.54, 1.807) is 0 Å². The zero-order chi connectivity index (χ0) is 9.84. The average molecular weight is 185 g/mol. The van der Waals surface area contributed by atoms with Crippen molar-refractivity contribution in [2.75, 3.05) is 19.7 Å². The Balaban J connectivity index is 2.47. The fourth-order valence-electron chi connectivity index (χ4n) is 2.27. The molecule has 0 aliphatic carbocycles. The van der Waals surface area contributed by atoms with E-state index in [-0.39, 0.29) is 0 Å². The molecule has 1 aliphatic heterocycles. The lowest BCUT2D eigenvalue weighted by Gasteiger charge is -2.39. The van der Waals surface area contributed by atoms with E-state index < -0.39 is 0 Å². The number of aliphatic hydroxyl groups excluding tert-OH is 1. The third kappa shape index (κ3) is 2.68. The Morgan fingerprint density at radius 1 is 1.38 bits per heavy atom. The topological polar surface area (TPSA) is 23.5 Å². The molecule has 0 spiro atoms. The van der Waals surface area contributed by atoms with Crippen LogP contribution in [0.15, 0.2) is 0 Å². The Labute approximate surface area is 81.9 Å². The molecule has 1 unspecified atom stereocenters. The molecule has 0 amide bonds. The maximum atomic E-state index is 9.18. The van der Waals surface area contributed by atoms with E-state index in [0.717, 1.165) is 18.4 Å². The van der Waals surface area contributed by atoms with Crippen LogP contribution in [0.25, 0.3) is 0 Å². The van der Waals surface area contributed by atoms with Crippen molar-refractivity contribution in [3.63, 3.8) is 0 Å². The van der Waals surface area contributed by atoms with Gasteiger partial charge in [-0.3, -0.25) is 4.90 Å². The Morgan fingerprint density at radius 2 is 2.08 bits per heavy atom. The number of hydrogen-bond donors (Lipinski definition) is 1. The van der Waals surface area contributed by atoms with E-state index in [2.05, 4.69) is 25.7 Å². The molecular formula is C11H23NO. The Morgan fingerprint density at radius 3 is 2.54 bits per heavy atom. The number of likely N-dealkylation sites (tertiary alicyclic amines) is 1. The number of likely N-dealkylation sites (N-methyl/N-ethyl adjacent to an activating group) is 1. The van der Waals surface area contributed by atoms with Crippen molar-refractivity contribution in [1.82, 2.24) is 4.90 Å². The normalized spacial score (nSPS) is 31.2. The van der Waals surface area contributed by atoms with Crippen LogP contribution in [0.5, 0.6) is 0 Å². The summed E-state index contributed by atoms with van der Waals surface area (Å²) in [5, 5.41) is 9.18. The molecule has 0 aromatic carbocycles. The van der Waals surface area contributed by atoms with Gasteiger partial charge in [0.1, 0.15) is 0 Å². The lowest BCUT2D eigenvalue weighted by atomic mass is 9.85. The van der Waals surface area contributed by atoms with Gasteiger partial charge in [-0.05, 0) is 31.2 Å². The fourth-order valence-corrected chi connectivity index (χ4v) is 2.27. The first kappa shape index (κ1) is 11.0. The highest BCUT2D eigenvalue weighted by Gasteiger charge is 2.27. The Hall–Kier alpha value is -0.0800. The predicted octanol–water partition coefficient (Wildman–Crippen LogP) is 1.74. The highest BCUT2D eigenvalue weighted by atomic mass is 16.3. The third-order valence-corrected chi connectivity index (χ3v) is 3.42. The summed E-state index contributed by atoms with van der Waals surface area (Å²) in [7, 11) is 0. The molecular weight excluding hydrogens is 162 g/mol. The van der Waals surface area contributed by atoms with Crippen molar-refractivity contribution in [2.45, 2.75) is 39.7 Å². The monoisotopic (exact) mass is 185 g/mol. The highest BCUT2D eigenvalue weighted by Crippen LogP contribution is 2.26. The van der Waals surface area contributed by atoms with Crippen molar-refractivity contribution < 1.29 is 5.11 Å². The number of rotatable bonds is 3. The van der Waals surface area contributed by atoms with E-state index in [4.69, 9.17) is 0 Å². The Kier molecular flexibility index (Phi) is 4.20. The van der Waals surface area contributed by atoms with Gasteiger partial charge >= 0.3 is 0 Å². The molecule has 0 aromatic rings. The summed E-state index contributed by atoms with van der Waals surface area (Å²) in [6.45, 7) is 9.38. The van der Waals surface area contributed by atoms with Gasteiger partial charge in [-0.15, -0.1) is 0 Å². The lowest BCUT2D eigenvalue weighted by Crippen LogP contribution is -2.46. The fraction of sp³-hybridized carbons (Fsp3) is 1.00. The summed E-state index contributed by atoms with van der Waals surface area (Å²) in [5.74, 6) is 1.62. The van der Waals surface area contributed by atoms with Gasteiger partial charge < -0.3 is 5.11 Å². The highest BCUT2D eigenvalue weighted by molar-refractivity contribution is 4.81. The largest absolute Gasteiger partial charge is 0.395 e. The molecule has 1 N–H and O–H groups in total. The second-order valence-electron chi connectivity index (χ2n) is 4.51. The molecule has 1 saturated heterocycles. The zero-order valence-corrected chi connectivity index (χ0v) is 9.16. The number of aliphatic hydroxyl groups is 1. The quantitative estimate of drug-likeness (QED) is 0.724. The molecule has 1 rings (SSSR count). The van der Waals surface area contributed by atoms with Gasteiger partial charge in [-0.25, -0.2) is 0 Å². The van der Waals surface area contributed by atoms with Crippen LogP contribution < -0.4 is 0 Å². The third-order valence-electron chi connectivity index (χ3n) is 3.42. The molecule has 1 fully saturated rings. The second kappa shape index (κ2) is 4.97. The smallest absolute Gasteiger partial charge is 0.0586 e. The van der Waals surface area contributed by atoms with Gasteiger partial charge in [-0.1, -0.05) is 20.8 Å². The summed E-state index contributed by atoms with van der Waals surface area (Å²) < 4.78 is 0. The van der Waals surface area contributed by atoms with Crippen molar-refractivity contribution in [3.8, 4) is 0 Å². The molecule has 0 aromatic heterocycles. The lowest BCUT2D eigenvalue weighted by molar-refractivity contribution is 0.0546. The van der Waals surface area contributed by atoms with Gasteiger partial charge in [0, 0.05) is 12.6 Å². The van der Waals surface area contributed by atoms with Gasteiger partial charge in [0.15, 0.2) is 0 Å². The number of hydrogen-bond acceptors (Lipinski definition) is 2. The standard InChI is InChI=1S/C11H23NO/c1-4-12-7-10(9(2)3)5-6-11(12)8-13/h9-11,13H,4-8H2,1-3H3/t10?,11-/m0/s1. The molecule has 1 heterocycles. The molecule has 0 radical (unpaired) electrons. The van der Waals surface area contributed by atoms with Gasteiger partial charge in [0.2, 0.25) is 0 Å². The van der Waals surface area contributed by atoms with E-state index in [1.807, 2.05) is 0 Å². The van der Waals surface area contributed by atoms with Crippen LogP contribution in [-0.4, -0.2) is 35.7 Å². The van der Waals surface area contributed by atoms with Gasteiger partial charge in [0.05, 0.1) is 6.61 Å². The first-order valence-electron chi connectivity index (χ1n) is 5.54. The van der Waals surface area contributed by atoms with Crippen LogP contribution >= 0.6 is 0 Å². The maximum Gasteiger partial charge on any atom is 0.0586 e. The van der Waals surface area contributed by atoms with E-state index in [0.29, 0.717) is 12.6 Å². The van der Waals surface area contributed by atoms with Crippen molar-refractivity contribution >= 4 is 0 Å². The van der Waals surface area contributed by atoms with Crippen molar-refractivity contribution in [1.29, 1.82) is 0 Å². The first-order chi connectivity index (χ1) is 6.19. The molecule has 13 heavy (non-hydrogen) atoms. The van der Waals surface area contributed by atoms with Gasteiger partial charge in [0.25, 0.3) is 0 Å². The minimum absolute atomic E-state index is 0.332. The second-order valence-corrected chi connectivity index (χ2v) is 4.51. The summed E-state index contributed by atoms with van der Waals surface area (Å²) >= 11 is 0. The van der Waals surface area contributed by atoms with Crippen molar-refractivity contribution in [3.05, 3.63) is 0 Å². The van der Waals surface area contributed by atoms with E-state index >= 15 is 0 Å². The summed E-state index contributed by atoms with van der Waals surface area (Å²) in [5.41, 5.74) is 0. The predicted molar refractivity (Wildman–Crippen MR) is 55.7 cm³/mol. The van der Waals surface area contributed by atoms with Gasteiger partial charge in [-0.2, -0.15) is 0 Å². The van der Waals surface area contributed by atoms with E-state index in [1.165, 1.54) is 19.4 Å². The number of piperidine rings is 1. The van der Waals surface area contributed by atoms with Crippen LogP contribution in [0.4, 0.5) is 0 Å². The molecule has 0 bridgehead atoms.